The van der Waals surface area contributed by atoms with E-state index in [9.17, 15) is 9.50 Å². The molecule has 2 rings (SSSR count). The quantitative estimate of drug-likeness (QED) is 0.887. The van der Waals surface area contributed by atoms with Gasteiger partial charge >= 0.3 is 0 Å². The molecule has 1 aliphatic rings. The van der Waals surface area contributed by atoms with E-state index in [0.29, 0.717) is 11.4 Å². The van der Waals surface area contributed by atoms with Crippen LogP contribution in [0, 0.1) is 5.82 Å². The van der Waals surface area contributed by atoms with Crippen LogP contribution in [0.4, 0.5) is 4.39 Å². The molecule has 2 unspecified atom stereocenters. The summed E-state index contributed by atoms with van der Waals surface area (Å²) in [5, 5.41) is 11.2. The number of halogens is 2. The van der Waals surface area contributed by atoms with Crippen LogP contribution in [-0.2, 0) is 6.42 Å². The molecule has 2 atom stereocenters. The summed E-state index contributed by atoms with van der Waals surface area (Å²) in [5.74, 6) is -0.340. The van der Waals surface area contributed by atoms with Crippen LogP contribution in [0.2, 0.25) is 5.02 Å². The van der Waals surface area contributed by atoms with E-state index in [1.165, 1.54) is 31.4 Å². The number of likely N-dealkylation sites (tertiary alicyclic amines) is 1. The van der Waals surface area contributed by atoms with Crippen LogP contribution in [-0.4, -0.2) is 34.7 Å². The highest BCUT2D eigenvalue weighted by Gasteiger charge is 2.37. The minimum Gasteiger partial charge on any atom is -0.391 e. The zero-order valence-corrected chi connectivity index (χ0v) is 13.7. The van der Waals surface area contributed by atoms with E-state index < -0.39 is 6.10 Å². The average molecular weight is 314 g/mol. The van der Waals surface area contributed by atoms with E-state index in [2.05, 4.69) is 18.7 Å². The maximum atomic E-state index is 13.1. The molecule has 0 saturated carbocycles. The highest BCUT2D eigenvalue weighted by molar-refractivity contribution is 6.31. The van der Waals surface area contributed by atoms with Crippen molar-refractivity contribution in [2.45, 2.75) is 57.6 Å². The van der Waals surface area contributed by atoms with Crippen LogP contribution >= 0.6 is 11.6 Å². The minimum atomic E-state index is -0.511. The van der Waals surface area contributed by atoms with Gasteiger partial charge in [0.15, 0.2) is 0 Å². The predicted octanol–water partition coefficient (Wildman–Crippen LogP) is 4.04. The Morgan fingerprint density at radius 2 is 2.00 bits per heavy atom. The first kappa shape index (κ1) is 16.7. The van der Waals surface area contributed by atoms with Crippen LogP contribution < -0.4 is 0 Å². The molecule has 2 nitrogen and oxygen atoms in total. The molecule has 21 heavy (non-hydrogen) atoms. The standard InChI is InChI=1S/C17H25ClFNO/c1-3-17(2,20-9-5-4-6-10-20)16(21)11-13-7-8-14(19)12-15(13)18/h7-8,12,16,21H,3-6,9-11H2,1-2H3. The summed E-state index contributed by atoms with van der Waals surface area (Å²) in [6, 6.07) is 4.39. The third-order valence-corrected chi connectivity index (χ3v) is 5.29. The van der Waals surface area contributed by atoms with Crippen LogP contribution in [0.1, 0.15) is 45.1 Å². The number of aliphatic hydroxyl groups is 1. The van der Waals surface area contributed by atoms with Gasteiger partial charge in [0.25, 0.3) is 0 Å². The summed E-state index contributed by atoms with van der Waals surface area (Å²) in [7, 11) is 0. The van der Waals surface area contributed by atoms with Crippen LogP contribution in [0.25, 0.3) is 0 Å². The molecule has 0 amide bonds. The lowest BCUT2D eigenvalue weighted by molar-refractivity contribution is -0.0328. The van der Waals surface area contributed by atoms with Crippen molar-refractivity contribution >= 4 is 11.6 Å². The zero-order chi connectivity index (χ0) is 15.5. The topological polar surface area (TPSA) is 23.5 Å². The Morgan fingerprint density at radius 3 is 2.57 bits per heavy atom. The maximum absolute atomic E-state index is 13.1. The molecule has 118 valence electrons. The molecule has 1 aliphatic heterocycles. The molecule has 0 bridgehead atoms. The lowest BCUT2D eigenvalue weighted by atomic mass is 9.84. The third-order valence-electron chi connectivity index (χ3n) is 4.94. The molecular formula is C17H25ClFNO. The Morgan fingerprint density at radius 1 is 1.33 bits per heavy atom. The van der Waals surface area contributed by atoms with E-state index in [-0.39, 0.29) is 11.4 Å². The van der Waals surface area contributed by atoms with Gasteiger partial charge in [-0.25, -0.2) is 4.39 Å². The molecule has 0 aliphatic carbocycles. The Kier molecular flexibility index (Phi) is 5.64. The fourth-order valence-corrected chi connectivity index (χ4v) is 3.43. The number of hydrogen-bond acceptors (Lipinski definition) is 2. The fourth-order valence-electron chi connectivity index (χ4n) is 3.19. The van der Waals surface area contributed by atoms with Gasteiger partial charge in [-0.3, -0.25) is 4.90 Å². The van der Waals surface area contributed by atoms with E-state index >= 15 is 0 Å². The molecule has 1 saturated heterocycles. The molecule has 0 spiro atoms. The number of hydrogen-bond donors (Lipinski definition) is 1. The average Bonchev–Trinajstić information content (AvgIpc) is 2.50. The number of piperidine rings is 1. The highest BCUT2D eigenvalue weighted by Crippen LogP contribution is 2.30. The molecule has 1 N–H and O–H groups in total. The van der Waals surface area contributed by atoms with Gasteiger partial charge in [0.1, 0.15) is 5.82 Å². The Balaban J connectivity index is 2.13. The second-order valence-corrected chi connectivity index (χ2v) is 6.62. The molecular weight excluding hydrogens is 289 g/mol. The number of rotatable bonds is 5. The summed E-state index contributed by atoms with van der Waals surface area (Å²) in [6.45, 7) is 6.32. The lowest BCUT2D eigenvalue weighted by Crippen LogP contribution is -2.56. The van der Waals surface area contributed by atoms with Gasteiger partial charge in [0, 0.05) is 17.0 Å². The number of benzene rings is 1. The highest BCUT2D eigenvalue weighted by atomic mass is 35.5. The molecule has 1 fully saturated rings. The Hall–Kier alpha value is -0.640. The Bertz CT molecular complexity index is 476. The van der Waals surface area contributed by atoms with Gasteiger partial charge in [0.2, 0.25) is 0 Å². The van der Waals surface area contributed by atoms with Crippen molar-refractivity contribution in [3.05, 3.63) is 34.6 Å². The molecule has 1 aromatic carbocycles. The first-order valence-corrected chi connectivity index (χ1v) is 8.22. The van der Waals surface area contributed by atoms with Crippen molar-refractivity contribution in [2.75, 3.05) is 13.1 Å². The molecule has 1 heterocycles. The molecule has 0 aromatic heterocycles. The normalized spacial score (nSPS) is 21.0. The van der Waals surface area contributed by atoms with Crippen molar-refractivity contribution < 1.29 is 9.50 Å². The SMILES string of the molecule is CCC(C)(C(O)Cc1ccc(F)cc1Cl)N1CCCCC1. The summed E-state index contributed by atoms with van der Waals surface area (Å²) < 4.78 is 13.1. The first-order chi connectivity index (χ1) is 9.97. The Labute approximate surface area is 131 Å². The third kappa shape index (κ3) is 3.77. The molecule has 4 heteroatoms. The largest absolute Gasteiger partial charge is 0.391 e. The van der Waals surface area contributed by atoms with Crippen LogP contribution in [0.3, 0.4) is 0 Å². The number of aliphatic hydroxyl groups excluding tert-OH is 1. The number of nitrogens with zero attached hydrogens (tertiary/aromatic N) is 1. The van der Waals surface area contributed by atoms with Gasteiger partial charge in [-0.15, -0.1) is 0 Å². The van der Waals surface area contributed by atoms with Gasteiger partial charge < -0.3 is 5.11 Å². The predicted molar refractivity (Wildman–Crippen MR) is 85.2 cm³/mol. The summed E-state index contributed by atoms with van der Waals surface area (Å²) in [4.78, 5) is 2.40. The lowest BCUT2D eigenvalue weighted by Gasteiger charge is -2.46. The first-order valence-electron chi connectivity index (χ1n) is 7.84. The minimum absolute atomic E-state index is 0.252. The van der Waals surface area contributed by atoms with Crippen molar-refractivity contribution in [1.82, 2.24) is 4.90 Å². The van der Waals surface area contributed by atoms with Crippen molar-refractivity contribution in [2.24, 2.45) is 0 Å². The van der Waals surface area contributed by atoms with Crippen molar-refractivity contribution in [3.63, 3.8) is 0 Å². The van der Waals surface area contributed by atoms with E-state index in [0.717, 1.165) is 25.1 Å². The summed E-state index contributed by atoms with van der Waals surface area (Å²) in [5.41, 5.74) is 0.556. The second kappa shape index (κ2) is 7.08. The summed E-state index contributed by atoms with van der Waals surface area (Å²) in [6.07, 6.45) is 4.49. The van der Waals surface area contributed by atoms with Gasteiger partial charge in [0.05, 0.1) is 6.10 Å². The van der Waals surface area contributed by atoms with Gasteiger partial charge in [-0.05, 0) is 57.0 Å². The van der Waals surface area contributed by atoms with Gasteiger partial charge in [-0.2, -0.15) is 0 Å². The van der Waals surface area contributed by atoms with Crippen LogP contribution in [0.15, 0.2) is 18.2 Å². The maximum Gasteiger partial charge on any atom is 0.124 e. The monoisotopic (exact) mass is 313 g/mol. The van der Waals surface area contributed by atoms with E-state index in [1.807, 2.05) is 0 Å². The van der Waals surface area contributed by atoms with Gasteiger partial charge in [-0.1, -0.05) is 31.0 Å². The zero-order valence-electron chi connectivity index (χ0n) is 12.9. The fraction of sp³-hybridized carbons (Fsp3) is 0.647. The van der Waals surface area contributed by atoms with E-state index in [4.69, 9.17) is 11.6 Å². The second-order valence-electron chi connectivity index (χ2n) is 6.21. The smallest absolute Gasteiger partial charge is 0.124 e. The molecule has 0 radical (unpaired) electrons. The summed E-state index contributed by atoms with van der Waals surface area (Å²) >= 11 is 6.09. The van der Waals surface area contributed by atoms with Crippen molar-refractivity contribution in [1.29, 1.82) is 0 Å². The van der Waals surface area contributed by atoms with E-state index in [1.54, 1.807) is 6.07 Å². The van der Waals surface area contributed by atoms with Crippen molar-refractivity contribution in [3.8, 4) is 0 Å². The molecule has 1 aromatic rings. The van der Waals surface area contributed by atoms with Crippen LogP contribution in [0.5, 0.6) is 0 Å².